The molecule has 372 valence electrons. The molecule has 18 heteroatoms. The number of rotatable bonds is 6. The Morgan fingerprint density at radius 2 is 1.34 bits per heavy atom. The van der Waals surface area contributed by atoms with Gasteiger partial charge in [-0.2, -0.15) is 0 Å². The standard InChI is InChI=1S/C47H76O18/c1-8-35-27(3)43(64-39-23-34(51)44(59-7)29(5)60-39)26(2)17-15-13-11-9-10-12-14-16-18-31(62-45-42(56)41(55)40(54)28(4)61-45)22-37-46(6,57)36(52)25-47(58,65-37)24-30(48)21-33(50)32(49)19-20-38(53)63-35/h9-18,26-37,39-45,48-52,54-58H,8,19-25H2,1-7H3/b10-9-,13-11-,14-12-,17-15-,18-16-/t26-,27-,28+,29-,30-,31-,32+,33+,34+,35-,36-,37-,39-,40+,41-,42-,43+,44-,45-,46-,47+/m0/s1. The van der Waals surface area contributed by atoms with Crippen LogP contribution >= 0.6 is 0 Å². The Balaban J connectivity index is 1.62. The molecule has 3 saturated heterocycles. The lowest BCUT2D eigenvalue weighted by atomic mass is 9.80. The van der Waals surface area contributed by atoms with Crippen molar-refractivity contribution in [3.05, 3.63) is 60.8 Å². The summed E-state index contributed by atoms with van der Waals surface area (Å²) in [4.78, 5) is 13.2. The van der Waals surface area contributed by atoms with Crippen LogP contribution in [-0.4, -0.2) is 180 Å². The Morgan fingerprint density at radius 3 is 1.95 bits per heavy atom. The summed E-state index contributed by atoms with van der Waals surface area (Å²) in [6.07, 6.45) is -3.38. The van der Waals surface area contributed by atoms with Gasteiger partial charge in [-0.1, -0.05) is 81.5 Å². The SMILES string of the molecule is CC[C@@H]1OC(=O)CC[C@@H](O)[C@H](O)C[C@H](O)C[C@]2(O)C[C@H](O)[C@](C)(O)[C@H](C[C@@H](O[C@@H]3O[C@H](C)[C@@H](O)[C@H](O)[C@@H]3O)\C=C/C=C\C=C/C=C\C=C/[C@H](C)[C@@H](O[C@H]3C[C@@H](O)[C@@H](OC)[C@H](C)O3)[C@H]1C)O2. The molecular weight excluding hydrogens is 852 g/mol. The normalized spacial score (nSPS) is 48.4. The summed E-state index contributed by atoms with van der Waals surface area (Å²) in [6, 6.07) is 0. The van der Waals surface area contributed by atoms with Gasteiger partial charge in [0.05, 0.1) is 61.0 Å². The molecular formula is C47H76O18. The Hall–Kier alpha value is -2.47. The minimum absolute atomic E-state index is 0.165. The minimum atomic E-state index is -2.24. The molecule has 0 unspecified atom stereocenters. The predicted octanol–water partition coefficient (Wildman–Crippen LogP) is 1.11. The van der Waals surface area contributed by atoms with Crippen LogP contribution in [0, 0.1) is 11.8 Å². The highest BCUT2D eigenvalue weighted by Gasteiger charge is 2.54. The van der Waals surface area contributed by atoms with E-state index in [9.17, 15) is 55.9 Å². The number of methoxy groups -OCH3 is 1. The van der Waals surface area contributed by atoms with Gasteiger partial charge in [-0.25, -0.2) is 0 Å². The van der Waals surface area contributed by atoms with Crippen LogP contribution in [0.3, 0.4) is 0 Å². The van der Waals surface area contributed by atoms with E-state index in [4.69, 9.17) is 33.2 Å². The molecule has 4 heterocycles. The molecule has 2 bridgehead atoms. The van der Waals surface area contributed by atoms with Gasteiger partial charge in [0.2, 0.25) is 0 Å². The fourth-order valence-corrected chi connectivity index (χ4v) is 8.89. The molecule has 4 rings (SSSR count). The lowest BCUT2D eigenvalue weighted by Crippen LogP contribution is -2.63. The Morgan fingerprint density at radius 1 is 0.708 bits per heavy atom. The number of hydrogen-bond acceptors (Lipinski definition) is 18. The molecule has 0 aromatic rings. The second kappa shape index (κ2) is 25.2. The van der Waals surface area contributed by atoms with E-state index >= 15 is 0 Å². The number of aliphatic hydroxyl groups is 10. The molecule has 4 aliphatic heterocycles. The highest BCUT2D eigenvalue weighted by atomic mass is 16.7. The van der Waals surface area contributed by atoms with Gasteiger partial charge in [0, 0.05) is 57.5 Å². The maximum Gasteiger partial charge on any atom is 0.306 e. The molecule has 0 saturated carbocycles. The number of allylic oxidation sites excluding steroid dienone is 8. The Labute approximate surface area is 382 Å². The third-order valence-corrected chi connectivity index (χ3v) is 13.0. The van der Waals surface area contributed by atoms with Gasteiger partial charge in [0.1, 0.15) is 36.1 Å². The molecule has 10 N–H and O–H groups in total. The van der Waals surface area contributed by atoms with Crippen LogP contribution in [0.5, 0.6) is 0 Å². The summed E-state index contributed by atoms with van der Waals surface area (Å²) in [7, 11) is 1.51. The lowest BCUT2D eigenvalue weighted by molar-refractivity contribution is -0.341. The van der Waals surface area contributed by atoms with Crippen molar-refractivity contribution >= 4 is 5.97 Å². The van der Waals surface area contributed by atoms with E-state index < -0.39 is 141 Å². The zero-order chi connectivity index (χ0) is 48.2. The molecule has 3 fully saturated rings. The highest BCUT2D eigenvalue weighted by molar-refractivity contribution is 5.69. The van der Waals surface area contributed by atoms with Crippen LogP contribution in [0.15, 0.2) is 60.8 Å². The third-order valence-electron chi connectivity index (χ3n) is 13.0. The van der Waals surface area contributed by atoms with Crippen molar-refractivity contribution in [2.24, 2.45) is 11.8 Å². The first-order chi connectivity index (χ1) is 30.6. The summed E-state index contributed by atoms with van der Waals surface area (Å²) in [6.45, 7) is 10.3. The van der Waals surface area contributed by atoms with Crippen molar-refractivity contribution in [2.75, 3.05) is 7.11 Å². The number of hydrogen-bond donors (Lipinski definition) is 10. The molecule has 18 nitrogen and oxygen atoms in total. The number of esters is 1. The number of carbonyl (C=O) groups is 1. The molecule has 4 aliphatic rings. The summed E-state index contributed by atoms with van der Waals surface area (Å²) < 4.78 is 41.7. The van der Waals surface area contributed by atoms with E-state index in [1.54, 1.807) is 49.5 Å². The summed E-state index contributed by atoms with van der Waals surface area (Å²) in [5, 5.41) is 109. The van der Waals surface area contributed by atoms with Gasteiger partial charge >= 0.3 is 5.97 Å². The van der Waals surface area contributed by atoms with Crippen molar-refractivity contribution < 1.29 is 89.0 Å². The molecule has 0 spiro atoms. The van der Waals surface area contributed by atoms with E-state index in [-0.39, 0.29) is 37.5 Å². The average Bonchev–Trinajstić information content (AvgIpc) is 3.23. The fraction of sp³-hybridized carbons (Fsp3) is 0.766. The zero-order valence-corrected chi connectivity index (χ0v) is 38.6. The quantitative estimate of drug-likeness (QED) is 0.167. The van der Waals surface area contributed by atoms with Gasteiger partial charge in [-0.3, -0.25) is 4.79 Å². The van der Waals surface area contributed by atoms with Crippen molar-refractivity contribution in [3.8, 4) is 0 Å². The first-order valence-electron chi connectivity index (χ1n) is 22.9. The largest absolute Gasteiger partial charge is 0.462 e. The lowest BCUT2D eigenvalue weighted by Gasteiger charge is -2.49. The third kappa shape index (κ3) is 15.5. The fourth-order valence-electron chi connectivity index (χ4n) is 8.89. The van der Waals surface area contributed by atoms with E-state index in [1.165, 1.54) is 21.0 Å². The number of aliphatic hydroxyl groups excluding tert-OH is 8. The van der Waals surface area contributed by atoms with E-state index in [1.807, 2.05) is 39.0 Å². The minimum Gasteiger partial charge on any atom is -0.462 e. The molecule has 0 aromatic heterocycles. The second-order valence-electron chi connectivity index (χ2n) is 18.3. The van der Waals surface area contributed by atoms with Gasteiger partial charge in [0.25, 0.3) is 0 Å². The van der Waals surface area contributed by atoms with Crippen molar-refractivity contribution in [1.29, 1.82) is 0 Å². The van der Waals surface area contributed by atoms with Crippen LogP contribution in [0.1, 0.15) is 92.9 Å². The zero-order valence-electron chi connectivity index (χ0n) is 38.6. The average molecular weight is 929 g/mol. The second-order valence-corrected chi connectivity index (χ2v) is 18.3. The van der Waals surface area contributed by atoms with Gasteiger partial charge < -0.3 is 84.2 Å². The monoisotopic (exact) mass is 929 g/mol. The van der Waals surface area contributed by atoms with Crippen molar-refractivity contribution in [1.82, 2.24) is 0 Å². The number of cyclic esters (lactones) is 1. The van der Waals surface area contributed by atoms with E-state index in [0.29, 0.717) is 6.42 Å². The van der Waals surface area contributed by atoms with Gasteiger partial charge in [0.15, 0.2) is 18.4 Å². The number of carbonyl (C=O) groups excluding carboxylic acids is 1. The molecule has 21 atom stereocenters. The molecule has 65 heavy (non-hydrogen) atoms. The Kier molecular flexibility index (Phi) is 21.4. The first kappa shape index (κ1) is 55.1. The summed E-state index contributed by atoms with van der Waals surface area (Å²) in [5.74, 6) is -3.47. The van der Waals surface area contributed by atoms with E-state index in [2.05, 4.69) is 0 Å². The topological polar surface area (TPSA) is 284 Å². The first-order valence-corrected chi connectivity index (χ1v) is 22.9. The van der Waals surface area contributed by atoms with Crippen LogP contribution < -0.4 is 0 Å². The van der Waals surface area contributed by atoms with Gasteiger partial charge in [-0.15, -0.1) is 0 Å². The molecule has 0 radical (unpaired) electrons. The highest BCUT2D eigenvalue weighted by Crippen LogP contribution is 2.40. The Bertz CT molecular complexity index is 1590. The van der Waals surface area contributed by atoms with Crippen LogP contribution in [0.4, 0.5) is 0 Å². The predicted molar refractivity (Wildman–Crippen MR) is 234 cm³/mol. The van der Waals surface area contributed by atoms with Crippen LogP contribution in [0.25, 0.3) is 0 Å². The molecule has 0 amide bonds. The maximum absolute atomic E-state index is 13.2. The summed E-state index contributed by atoms with van der Waals surface area (Å²) in [5.41, 5.74) is -1.97. The smallest absolute Gasteiger partial charge is 0.306 e. The van der Waals surface area contributed by atoms with E-state index in [0.717, 1.165) is 0 Å². The van der Waals surface area contributed by atoms with Crippen LogP contribution in [-0.2, 0) is 38.0 Å². The van der Waals surface area contributed by atoms with Gasteiger partial charge in [-0.05, 0) is 33.6 Å². The molecule has 0 aliphatic carbocycles. The molecule has 0 aromatic carbocycles. The van der Waals surface area contributed by atoms with Crippen LogP contribution in [0.2, 0.25) is 0 Å². The maximum atomic E-state index is 13.2. The van der Waals surface area contributed by atoms with Crippen molar-refractivity contribution in [3.63, 3.8) is 0 Å². The van der Waals surface area contributed by atoms with Crippen molar-refractivity contribution in [2.45, 2.75) is 208 Å². The number of ether oxygens (including phenoxy) is 7. The summed E-state index contributed by atoms with van der Waals surface area (Å²) >= 11 is 0. The number of fused-ring (bicyclic) bond motifs is 2.